The number of hydrogen-bond donors (Lipinski definition) is 3. The predicted octanol–water partition coefficient (Wildman–Crippen LogP) is 7.85. The molecule has 0 bridgehead atoms. The first-order valence-electron chi connectivity index (χ1n) is 12.9. The molecule has 3 N–H and O–H groups in total. The van der Waals surface area contributed by atoms with Gasteiger partial charge in [0, 0.05) is 30.2 Å². The highest BCUT2D eigenvalue weighted by molar-refractivity contribution is 6.04. The van der Waals surface area contributed by atoms with Gasteiger partial charge in [0.25, 0.3) is 5.91 Å². The molecule has 6 nitrogen and oxygen atoms in total. The van der Waals surface area contributed by atoms with E-state index < -0.39 is 41.1 Å². The van der Waals surface area contributed by atoms with Crippen LogP contribution >= 0.6 is 0 Å². The van der Waals surface area contributed by atoms with E-state index in [1.165, 1.54) is 12.1 Å². The van der Waals surface area contributed by atoms with E-state index >= 15 is 0 Å². The van der Waals surface area contributed by atoms with Gasteiger partial charge in [-0.3, -0.25) is 4.79 Å². The van der Waals surface area contributed by atoms with Gasteiger partial charge >= 0.3 is 18.4 Å². The smallest absolute Gasteiger partial charge is 0.371 e. The first-order valence-corrected chi connectivity index (χ1v) is 12.9. The molecule has 1 atom stereocenters. The minimum atomic E-state index is -5.06. The number of alkyl halides is 6. The average molecular weight is 579 g/mol. The van der Waals surface area contributed by atoms with Gasteiger partial charge < -0.3 is 20.9 Å². The maximum Gasteiger partial charge on any atom is 0.416 e. The predicted molar refractivity (Wildman–Crippen MR) is 144 cm³/mol. The van der Waals surface area contributed by atoms with E-state index in [1.54, 1.807) is 6.07 Å². The summed E-state index contributed by atoms with van der Waals surface area (Å²) in [4.78, 5) is 28.1. The topological polar surface area (TPSA) is 73.5 Å². The van der Waals surface area contributed by atoms with Crippen LogP contribution in [0.5, 0.6) is 0 Å². The van der Waals surface area contributed by atoms with E-state index in [0.717, 1.165) is 37.9 Å². The Morgan fingerprint density at radius 1 is 0.756 bits per heavy atom. The Bertz CT molecular complexity index is 1350. The second-order valence-electron chi connectivity index (χ2n) is 9.76. The lowest BCUT2D eigenvalue weighted by Gasteiger charge is -2.31. The lowest BCUT2D eigenvalue weighted by Crippen LogP contribution is -2.33. The molecule has 3 aromatic rings. The Morgan fingerprint density at radius 2 is 1.34 bits per heavy atom. The van der Waals surface area contributed by atoms with Crippen LogP contribution in [0.2, 0.25) is 0 Å². The van der Waals surface area contributed by atoms with Gasteiger partial charge in [0.1, 0.15) is 0 Å². The Balaban J connectivity index is 1.58. The maximum atomic E-state index is 13.4. The zero-order valence-corrected chi connectivity index (χ0v) is 22.0. The van der Waals surface area contributed by atoms with Gasteiger partial charge in [-0.25, -0.2) is 4.79 Å². The third-order valence-electron chi connectivity index (χ3n) is 6.69. The minimum absolute atomic E-state index is 0.0241. The van der Waals surface area contributed by atoms with Gasteiger partial charge in [0.05, 0.1) is 22.7 Å². The van der Waals surface area contributed by atoms with Crippen LogP contribution in [0.1, 0.15) is 59.3 Å². The maximum absolute atomic E-state index is 13.4. The van der Waals surface area contributed by atoms with Crippen molar-refractivity contribution in [3.63, 3.8) is 0 Å². The van der Waals surface area contributed by atoms with Crippen molar-refractivity contribution in [1.29, 1.82) is 0 Å². The number of benzene rings is 3. The van der Waals surface area contributed by atoms with Gasteiger partial charge in [0.15, 0.2) is 0 Å². The number of anilines is 3. The molecule has 0 unspecified atom stereocenters. The second-order valence-corrected chi connectivity index (χ2v) is 9.76. The van der Waals surface area contributed by atoms with E-state index in [0.29, 0.717) is 17.8 Å². The second kappa shape index (κ2) is 12.1. The number of nitrogens with zero attached hydrogens (tertiary/aromatic N) is 1. The number of piperidine rings is 1. The van der Waals surface area contributed by atoms with Gasteiger partial charge in [0.2, 0.25) is 0 Å². The van der Waals surface area contributed by atoms with E-state index in [-0.39, 0.29) is 23.4 Å². The number of hydrogen-bond acceptors (Lipinski definition) is 3. The minimum Gasteiger partial charge on any atom is -0.371 e. The molecule has 1 heterocycles. The van der Waals surface area contributed by atoms with Crippen LogP contribution in [0.25, 0.3) is 0 Å². The van der Waals surface area contributed by atoms with Crippen molar-refractivity contribution in [2.45, 2.75) is 44.6 Å². The molecule has 3 amide bonds. The van der Waals surface area contributed by atoms with Crippen molar-refractivity contribution in [1.82, 2.24) is 5.32 Å². The third-order valence-corrected chi connectivity index (χ3v) is 6.69. The fourth-order valence-corrected chi connectivity index (χ4v) is 4.63. The van der Waals surface area contributed by atoms with E-state index in [2.05, 4.69) is 15.5 Å². The van der Waals surface area contributed by atoms with Gasteiger partial charge in [-0.2, -0.15) is 26.3 Å². The largest absolute Gasteiger partial charge is 0.416 e. The number of amides is 3. The Hall–Kier alpha value is -4.22. The summed E-state index contributed by atoms with van der Waals surface area (Å²) >= 11 is 0. The molecule has 0 aromatic heterocycles. The van der Waals surface area contributed by atoms with Crippen LogP contribution in [-0.2, 0) is 12.4 Å². The molecule has 0 radical (unpaired) electrons. The van der Waals surface area contributed by atoms with Gasteiger partial charge in [-0.05, 0) is 68.1 Å². The fraction of sp³-hybridized carbons (Fsp3) is 0.310. The molecule has 1 fully saturated rings. The number of halogens is 6. The van der Waals surface area contributed by atoms with Crippen molar-refractivity contribution < 1.29 is 35.9 Å². The zero-order valence-electron chi connectivity index (χ0n) is 22.0. The van der Waals surface area contributed by atoms with Crippen molar-refractivity contribution in [2.75, 3.05) is 28.6 Å². The fourth-order valence-electron chi connectivity index (χ4n) is 4.63. The van der Waals surface area contributed by atoms with Gasteiger partial charge in [-0.15, -0.1) is 0 Å². The molecule has 1 saturated heterocycles. The molecule has 1 aliphatic rings. The molecule has 4 rings (SSSR count). The highest BCUT2D eigenvalue weighted by Crippen LogP contribution is 2.37. The average Bonchev–Trinajstić information content (AvgIpc) is 2.92. The molecule has 1 aliphatic heterocycles. The third kappa shape index (κ3) is 7.71. The Labute approximate surface area is 232 Å². The molecule has 41 heavy (non-hydrogen) atoms. The molecular weight excluding hydrogens is 550 g/mol. The van der Waals surface area contributed by atoms with Crippen LogP contribution in [0.15, 0.2) is 66.7 Å². The number of carbonyl (C=O) groups is 2. The normalized spacial score (nSPS) is 14.8. The molecular formula is C29H28F6N4O2. The van der Waals surface area contributed by atoms with E-state index in [4.69, 9.17) is 0 Å². The molecule has 3 aromatic carbocycles. The van der Waals surface area contributed by atoms with E-state index in [9.17, 15) is 35.9 Å². The monoisotopic (exact) mass is 578 g/mol. The summed E-state index contributed by atoms with van der Waals surface area (Å²) in [5.41, 5.74) is -1.87. The van der Waals surface area contributed by atoms with Crippen LogP contribution in [-0.4, -0.2) is 25.0 Å². The first-order chi connectivity index (χ1) is 19.3. The summed E-state index contributed by atoms with van der Waals surface area (Å²) in [5.74, 6) is -0.404. The molecule has 0 aliphatic carbocycles. The highest BCUT2D eigenvalue weighted by Gasteiger charge is 2.37. The summed E-state index contributed by atoms with van der Waals surface area (Å²) in [6, 6.07) is 13.3. The van der Waals surface area contributed by atoms with Crippen molar-refractivity contribution >= 4 is 29.0 Å². The summed E-state index contributed by atoms with van der Waals surface area (Å²) in [5, 5.41) is 7.39. The number of rotatable bonds is 6. The quantitative estimate of drug-likeness (QED) is 0.261. The summed E-state index contributed by atoms with van der Waals surface area (Å²) in [6.45, 7) is 3.30. The van der Waals surface area contributed by atoms with Crippen LogP contribution in [0.4, 0.5) is 48.2 Å². The van der Waals surface area contributed by atoms with Crippen LogP contribution in [0, 0.1) is 0 Å². The molecule has 12 heteroatoms. The highest BCUT2D eigenvalue weighted by atomic mass is 19.4. The van der Waals surface area contributed by atoms with Crippen molar-refractivity contribution in [3.05, 3.63) is 89.0 Å². The molecule has 218 valence electrons. The lowest BCUT2D eigenvalue weighted by atomic mass is 10.0. The number of urea groups is 1. The van der Waals surface area contributed by atoms with Crippen LogP contribution in [0.3, 0.4) is 0 Å². The lowest BCUT2D eigenvalue weighted by molar-refractivity contribution is -0.143. The number of nitrogens with one attached hydrogen (secondary N) is 3. The summed E-state index contributed by atoms with van der Waals surface area (Å²) < 4.78 is 79.2. The summed E-state index contributed by atoms with van der Waals surface area (Å²) in [7, 11) is 0. The van der Waals surface area contributed by atoms with Crippen LogP contribution < -0.4 is 20.9 Å². The SMILES string of the molecule is C[C@@H](NC(=O)c1cc(NC(=O)Nc2cc(C(F)(F)F)cc(C(F)(F)F)c2)ccc1N1CCCCC1)c1ccccc1. The standard InChI is InChI=1S/C29H28F6N4O2/c1-18(19-8-4-2-5-9-19)36-26(40)24-17-22(10-11-25(24)39-12-6-3-7-13-39)37-27(41)38-23-15-20(28(30,31)32)14-21(16-23)29(33,34)35/h2,4-5,8-11,14-18H,3,6-7,12-13H2,1H3,(H,36,40)(H2,37,38,41)/t18-/m1/s1. The number of carbonyl (C=O) groups excluding carboxylic acids is 2. The van der Waals surface area contributed by atoms with E-state index in [1.807, 2.05) is 42.6 Å². The Morgan fingerprint density at radius 3 is 1.93 bits per heavy atom. The zero-order chi connectivity index (χ0) is 29.8. The van der Waals surface area contributed by atoms with Gasteiger partial charge in [-0.1, -0.05) is 30.3 Å². The van der Waals surface area contributed by atoms with Crippen molar-refractivity contribution in [3.8, 4) is 0 Å². The molecule has 0 saturated carbocycles. The van der Waals surface area contributed by atoms with Crippen molar-refractivity contribution in [2.24, 2.45) is 0 Å². The summed E-state index contributed by atoms with van der Waals surface area (Å²) in [6.07, 6.45) is -7.16. The molecule has 0 spiro atoms. The first kappa shape index (κ1) is 29.8. The Kier molecular flexibility index (Phi) is 8.79.